The number of hydrogen-bond donors (Lipinski definition) is 0. The molecule has 0 spiro atoms. The van der Waals surface area contributed by atoms with Crippen molar-refractivity contribution in [2.45, 2.75) is 167 Å². The summed E-state index contributed by atoms with van der Waals surface area (Å²) in [5.74, 6) is 0. The normalized spacial score (nSPS) is 27.3. The van der Waals surface area contributed by atoms with Crippen LogP contribution in [0.5, 0.6) is 0 Å². The molecule has 0 amide bonds. The molecule has 0 atom stereocenters. The highest BCUT2D eigenvalue weighted by molar-refractivity contribution is 5.73. The molecule has 6 fully saturated rings. The summed E-state index contributed by atoms with van der Waals surface area (Å²) >= 11 is 0. The Morgan fingerprint density at radius 1 is 0.222 bits per heavy atom. The minimum atomic E-state index is 1.30. The molecule has 6 rings (SSSR count). The van der Waals surface area contributed by atoms with Gasteiger partial charge in [-0.1, -0.05) is 60.0 Å². The van der Waals surface area contributed by atoms with Gasteiger partial charge in [0.1, 0.15) is 0 Å². The smallest absolute Gasteiger partial charge is 0.00144 e. The fourth-order valence-corrected chi connectivity index (χ4v) is 8.76. The van der Waals surface area contributed by atoms with Gasteiger partial charge in [0.15, 0.2) is 0 Å². The minimum absolute atomic E-state index is 1.30. The summed E-state index contributed by atoms with van der Waals surface area (Å²) in [4.78, 5) is 0. The lowest BCUT2D eigenvalue weighted by Gasteiger charge is -2.39. The van der Waals surface area contributed by atoms with Gasteiger partial charge in [0.25, 0.3) is 0 Å². The second-order valence-corrected chi connectivity index (χ2v) is 13.1. The van der Waals surface area contributed by atoms with Crippen LogP contribution in [0.2, 0.25) is 0 Å². The van der Waals surface area contributed by atoms with Crippen molar-refractivity contribution in [1.82, 2.24) is 0 Å². The molecule has 0 aromatic rings. The molecule has 0 saturated heterocycles. The molecular weight excluding hydrogens is 432 g/mol. The van der Waals surface area contributed by atoms with E-state index in [0.717, 1.165) is 0 Å². The van der Waals surface area contributed by atoms with Crippen LogP contribution in [0.4, 0.5) is 0 Å². The average molecular weight is 485 g/mol. The summed E-state index contributed by atoms with van der Waals surface area (Å²) in [6.07, 6.45) is 36.8. The monoisotopic (exact) mass is 484 g/mol. The van der Waals surface area contributed by atoms with Crippen LogP contribution in [0.3, 0.4) is 0 Å². The van der Waals surface area contributed by atoms with Crippen molar-refractivity contribution in [3.63, 3.8) is 0 Å². The molecule has 0 heterocycles. The molecule has 0 radical (unpaired) electrons. The summed E-state index contributed by atoms with van der Waals surface area (Å²) in [6, 6.07) is 0. The molecule has 36 heavy (non-hydrogen) atoms. The van der Waals surface area contributed by atoms with Gasteiger partial charge in [-0.05, 0) is 163 Å². The molecular formula is C36H52. The third-order valence-corrected chi connectivity index (χ3v) is 10.7. The molecule has 0 heteroatoms. The van der Waals surface area contributed by atoms with Crippen molar-refractivity contribution in [1.29, 1.82) is 0 Å². The maximum Gasteiger partial charge on any atom is -0.00144 e. The van der Waals surface area contributed by atoms with E-state index >= 15 is 0 Å². The fourth-order valence-electron chi connectivity index (χ4n) is 8.76. The SMILES string of the molecule is C1CCC(=C2CC(=C3CCCCC3)C(=C3CCCCC3)C(=C3CCCCC3)C2=C2CCCCC2)CC1. The largest absolute Gasteiger partial charge is 0.0661 e. The molecule has 0 N–H and O–H groups in total. The fraction of sp³-hybridized carbons (Fsp3) is 0.722. The van der Waals surface area contributed by atoms with Crippen molar-refractivity contribution in [3.05, 3.63) is 55.7 Å². The second kappa shape index (κ2) is 12.0. The predicted molar refractivity (Wildman–Crippen MR) is 155 cm³/mol. The lowest BCUT2D eigenvalue weighted by atomic mass is 9.65. The summed E-state index contributed by atoms with van der Waals surface area (Å²) in [5, 5.41) is 0. The topological polar surface area (TPSA) is 0 Å². The van der Waals surface area contributed by atoms with Crippen LogP contribution in [0.1, 0.15) is 167 Å². The molecule has 0 aromatic carbocycles. The highest BCUT2D eigenvalue weighted by Gasteiger charge is 2.35. The Labute approximate surface area is 222 Å². The van der Waals surface area contributed by atoms with Gasteiger partial charge in [0, 0.05) is 0 Å². The Kier molecular flexibility index (Phi) is 8.36. The maximum atomic E-state index is 1.89. The molecule has 0 bridgehead atoms. The van der Waals surface area contributed by atoms with Crippen molar-refractivity contribution in [2.75, 3.05) is 0 Å². The van der Waals surface area contributed by atoms with Crippen molar-refractivity contribution in [3.8, 4) is 0 Å². The van der Waals surface area contributed by atoms with Gasteiger partial charge in [0.05, 0.1) is 0 Å². The maximum absolute atomic E-state index is 1.89. The van der Waals surface area contributed by atoms with Crippen LogP contribution in [-0.4, -0.2) is 0 Å². The first-order valence-corrected chi connectivity index (χ1v) is 16.5. The van der Waals surface area contributed by atoms with E-state index in [-0.39, 0.29) is 0 Å². The molecule has 0 aromatic heterocycles. The predicted octanol–water partition coefficient (Wildman–Crippen LogP) is 11.7. The zero-order valence-electron chi connectivity index (χ0n) is 23.4. The lowest BCUT2D eigenvalue weighted by Crippen LogP contribution is -2.21. The van der Waals surface area contributed by atoms with E-state index in [2.05, 4.69) is 0 Å². The first-order valence-electron chi connectivity index (χ1n) is 16.5. The minimum Gasteiger partial charge on any atom is -0.0661 e. The molecule has 6 aliphatic rings. The van der Waals surface area contributed by atoms with E-state index in [1.807, 2.05) is 55.7 Å². The highest BCUT2D eigenvalue weighted by atomic mass is 14.4. The van der Waals surface area contributed by atoms with Crippen LogP contribution >= 0.6 is 0 Å². The zero-order valence-corrected chi connectivity index (χ0v) is 23.4. The molecule has 0 aliphatic heterocycles. The van der Waals surface area contributed by atoms with E-state index in [0.29, 0.717) is 0 Å². The Balaban J connectivity index is 1.62. The number of rotatable bonds is 0. The molecule has 6 saturated carbocycles. The number of hydrogen-bond acceptors (Lipinski definition) is 0. The third-order valence-electron chi connectivity index (χ3n) is 10.7. The Morgan fingerprint density at radius 2 is 0.472 bits per heavy atom. The Morgan fingerprint density at radius 3 is 0.778 bits per heavy atom. The summed E-state index contributed by atoms with van der Waals surface area (Å²) in [7, 11) is 0. The van der Waals surface area contributed by atoms with Crippen LogP contribution in [0, 0.1) is 0 Å². The van der Waals surface area contributed by atoms with Gasteiger partial charge >= 0.3 is 0 Å². The van der Waals surface area contributed by atoms with Gasteiger partial charge < -0.3 is 0 Å². The van der Waals surface area contributed by atoms with Gasteiger partial charge in [-0.2, -0.15) is 0 Å². The summed E-state index contributed by atoms with van der Waals surface area (Å²) in [5.41, 5.74) is 18.8. The standard InChI is InChI=1S/C36H52/c1-6-16-27(17-7-1)32-26-33(28-18-8-2-9-19-28)35(30-22-12-4-13-23-30)36(31-24-14-5-15-25-31)34(32)29-20-10-3-11-21-29/h1-26H2. The van der Waals surface area contributed by atoms with E-state index in [9.17, 15) is 0 Å². The zero-order chi connectivity index (χ0) is 24.2. The van der Waals surface area contributed by atoms with Crippen molar-refractivity contribution < 1.29 is 0 Å². The summed E-state index contributed by atoms with van der Waals surface area (Å²) in [6.45, 7) is 0. The van der Waals surface area contributed by atoms with Crippen molar-refractivity contribution in [2.24, 2.45) is 0 Å². The molecule has 0 nitrogen and oxygen atoms in total. The van der Waals surface area contributed by atoms with E-state index in [1.165, 1.54) is 167 Å². The van der Waals surface area contributed by atoms with Crippen molar-refractivity contribution >= 4 is 0 Å². The van der Waals surface area contributed by atoms with Gasteiger partial charge in [-0.25, -0.2) is 0 Å². The lowest BCUT2D eigenvalue weighted by molar-refractivity contribution is 0.568. The molecule has 196 valence electrons. The van der Waals surface area contributed by atoms with E-state index in [1.54, 1.807) is 0 Å². The number of allylic oxidation sites excluding steroid dienone is 10. The van der Waals surface area contributed by atoms with Gasteiger partial charge in [-0.3, -0.25) is 0 Å². The Bertz CT molecular complexity index is 879. The summed E-state index contributed by atoms with van der Waals surface area (Å²) < 4.78 is 0. The third kappa shape index (κ3) is 5.31. The first kappa shape index (κ1) is 25.0. The van der Waals surface area contributed by atoms with Crippen LogP contribution in [0.15, 0.2) is 55.7 Å². The first-order chi connectivity index (χ1) is 17.9. The Hall–Kier alpha value is -1.30. The van der Waals surface area contributed by atoms with Crippen LogP contribution in [-0.2, 0) is 0 Å². The second-order valence-electron chi connectivity index (χ2n) is 13.1. The molecule has 0 unspecified atom stereocenters. The van der Waals surface area contributed by atoms with Crippen LogP contribution in [0.25, 0.3) is 0 Å². The van der Waals surface area contributed by atoms with E-state index < -0.39 is 0 Å². The van der Waals surface area contributed by atoms with E-state index in [4.69, 9.17) is 0 Å². The quantitative estimate of drug-likeness (QED) is 0.320. The van der Waals surface area contributed by atoms with Gasteiger partial charge in [0.2, 0.25) is 0 Å². The van der Waals surface area contributed by atoms with Crippen LogP contribution < -0.4 is 0 Å². The highest BCUT2D eigenvalue weighted by Crippen LogP contribution is 2.54. The molecule has 6 aliphatic carbocycles. The van der Waals surface area contributed by atoms with Gasteiger partial charge in [-0.15, -0.1) is 0 Å². The average Bonchev–Trinajstić information content (AvgIpc) is 2.98.